The highest BCUT2D eigenvalue weighted by molar-refractivity contribution is 6.31. The number of nitrogens with one attached hydrogen (secondary N) is 1. The van der Waals surface area contributed by atoms with E-state index in [-0.39, 0.29) is 17.2 Å². The van der Waals surface area contributed by atoms with E-state index in [1.165, 1.54) is 18.2 Å². The fourth-order valence-electron chi connectivity index (χ4n) is 3.14. The zero-order valence-corrected chi connectivity index (χ0v) is 12.2. The molecule has 0 radical (unpaired) electrons. The minimum absolute atomic E-state index is 0.0743. The van der Waals surface area contributed by atoms with Gasteiger partial charge >= 0.3 is 0 Å². The molecular formula is C14H16ClN3O3. The molecule has 1 aromatic carbocycles. The van der Waals surface area contributed by atoms with Crippen LogP contribution >= 0.6 is 11.6 Å². The molecule has 3 rings (SSSR count). The van der Waals surface area contributed by atoms with Crippen LogP contribution in [0.3, 0.4) is 0 Å². The molecule has 1 aromatic rings. The number of carbonyl (C=O) groups is 1. The predicted octanol–water partition coefficient (Wildman–Crippen LogP) is 2.21. The number of halogens is 1. The van der Waals surface area contributed by atoms with Crippen LogP contribution in [0.15, 0.2) is 18.2 Å². The molecule has 7 heteroatoms. The fraction of sp³-hybridized carbons (Fsp3) is 0.500. The third-order valence-electron chi connectivity index (χ3n) is 4.20. The van der Waals surface area contributed by atoms with Crippen LogP contribution in [0.4, 0.5) is 5.69 Å². The molecule has 0 spiro atoms. The Labute approximate surface area is 127 Å². The summed E-state index contributed by atoms with van der Waals surface area (Å²) in [6.45, 7) is 1.22. The highest BCUT2D eigenvalue weighted by Gasteiger charge is 2.33. The Kier molecular flexibility index (Phi) is 3.82. The van der Waals surface area contributed by atoms with Gasteiger partial charge in [-0.15, -0.1) is 0 Å². The van der Waals surface area contributed by atoms with E-state index >= 15 is 0 Å². The molecule has 6 nitrogen and oxygen atoms in total. The van der Waals surface area contributed by atoms with E-state index in [0.717, 1.165) is 19.3 Å². The maximum absolute atomic E-state index is 12.6. The lowest BCUT2D eigenvalue weighted by Crippen LogP contribution is -2.39. The number of likely N-dealkylation sites (tertiary alicyclic amines) is 1. The van der Waals surface area contributed by atoms with Gasteiger partial charge in [-0.05, 0) is 31.4 Å². The normalized spacial score (nSPS) is 24.7. The largest absolute Gasteiger partial charge is 0.337 e. The molecule has 2 aliphatic heterocycles. The Balaban J connectivity index is 1.87. The highest BCUT2D eigenvalue weighted by Crippen LogP contribution is 2.26. The molecule has 21 heavy (non-hydrogen) atoms. The molecule has 0 aromatic heterocycles. The number of carbonyl (C=O) groups excluding carboxylic acids is 1. The fourth-order valence-corrected chi connectivity index (χ4v) is 3.31. The molecule has 0 aliphatic carbocycles. The lowest BCUT2D eigenvalue weighted by Gasteiger charge is -2.24. The second-order valence-corrected chi connectivity index (χ2v) is 6.03. The number of nitro benzene ring substituents is 1. The van der Waals surface area contributed by atoms with Gasteiger partial charge in [0.15, 0.2) is 0 Å². The summed E-state index contributed by atoms with van der Waals surface area (Å²) < 4.78 is 0. The lowest BCUT2D eigenvalue weighted by atomic mass is 10.1. The molecule has 112 valence electrons. The number of nitrogens with zero attached hydrogens (tertiary/aromatic N) is 2. The standard InChI is InChI=1S/C14H16ClN3O3/c15-9-1-4-13(18(20)21)12(7-9)14(19)17-6-5-10-2-3-11(8-17)16-10/h1,4,7,10-11,16H,2-3,5-6,8H2. The van der Waals surface area contributed by atoms with Crippen molar-refractivity contribution in [2.45, 2.75) is 31.3 Å². The predicted molar refractivity (Wildman–Crippen MR) is 78.6 cm³/mol. The van der Waals surface area contributed by atoms with Crippen molar-refractivity contribution in [2.24, 2.45) is 0 Å². The van der Waals surface area contributed by atoms with Crippen molar-refractivity contribution >= 4 is 23.2 Å². The average molecular weight is 310 g/mol. The number of benzene rings is 1. The van der Waals surface area contributed by atoms with E-state index in [4.69, 9.17) is 11.6 Å². The molecule has 2 unspecified atom stereocenters. The Bertz CT molecular complexity index is 593. The molecule has 2 bridgehead atoms. The second kappa shape index (κ2) is 5.61. The first-order valence-corrected chi connectivity index (χ1v) is 7.41. The molecule has 2 heterocycles. The zero-order chi connectivity index (χ0) is 15.0. The maximum Gasteiger partial charge on any atom is 0.282 e. The molecular weight excluding hydrogens is 294 g/mol. The summed E-state index contributed by atoms with van der Waals surface area (Å²) in [5, 5.41) is 14.9. The summed E-state index contributed by atoms with van der Waals surface area (Å²) in [5.41, 5.74) is -0.114. The van der Waals surface area contributed by atoms with Crippen LogP contribution < -0.4 is 5.32 Å². The molecule has 1 N–H and O–H groups in total. The van der Waals surface area contributed by atoms with Gasteiger partial charge in [0.05, 0.1) is 4.92 Å². The molecule has 2 fully saturated rings. The van der Waals surface area contributed by atoms with Gasteiger partial charge < -0.3 is 10.2 Å². The quantitative estimate of drug-likeness (QED) is 0.671. The lowest BCUT2D eigenvalue weighted by molar-refractivity contribution is -0.385. The van der Waals surface area contributed by atoms with Crippen molar-refractivity contribution in [1.82, 2.24) is 10.2 Å². The van der Waals surface area contributed by atoms with Crippen LogP contribution in [-0.4, -0.2) is 40.9 Å². The molecule has 0 saturated carbocycles. The minimum atomic E-state index is -0.536. The first-order valence-electron chi connectivity index (χ1n) is 7.04. The van der Waals surface area contributed by atoms with Crippen molar-refractivity contribution in [2.75, 3.05) is 13.1 Å². The third-order valence-corrected chi connectivity index (χ3v) is 4.43. The van der Waals surface area contributed by atoms with E-state index in [1.54, 1.807) is 4.90 Å². The number of hydrogen-bond donors (Lipinski definition) is 1. The summed E-state index contributed by atoms with van der Waals surface area (Å²) in [6, 6.07) is 4.86. The SMILES string of the molecule is O=C(c1cc(Cl)ccc1[N+](=O)[O-])N1CCC2CCC(C1)N2. The van der Waals surface area contributed by atoms with Crippen LogP contribution in [0.2, 0.25) is 5.02 Å². The van der Waals surface area contributed by atoms with E-state index in [1.807, 2.05) is 0 Å². The van der Waals surface area contributed by atoms with Crippen LogP contribution in [0.5, 0.6) is 0 Å². The molecule has 2 saturated heterocycles. The Hall–Kier alpha value is -1.66. The van der Waals surface area contributed by atoms with Crippen LogP contribution in [0, 0.1) is 10.1 Å². The van der Waals surface area contributed by atoms with Gasteiger partial charge in [0.1, 0.15) is 5.56 Å². The van der Waals surface area contributed by atoms with Gasteiger partial charge in [0, 0.05) is 36.3 Å². The van der Waals surface area contributed by atoms with Crippen molar-refractivity contribution in [3.8, 4) is 0 Å². The molecule has 2 atom stereocenters. The van der Waals surface area contributed by atoms with Gasteiger partial charge in [-0.3, -0.25) is 14.9 Å². The summed E-state index contributed by atoms with van der Waals surface area (Å²) in [4.78, 5) is 24.9. The number of amides is 1. The summed E-state index contributed by atoms with van der Waals surface area (Å²) in [6.07, 6.45) is 3.08. The number of fused-ring (bicyclic) bond motifs is 2. The number of rotatable bonds is 2. The van der Waals surface area contributed by atoms with Gasteiger partial charge in [0.2, 0.25) is 0 Å². The van der Waals surface area contributed by atoms with Crippen molar-refractivity contribution in [1.29, 1.82) is 0 Å². The van der Waals surface area contributed by atoms with Crippen LogP contribution in [-0.2, 0) is 0 Å². The van der Waals surface area contributed by atoms with Crippen molar-refractivity contribution in [3.05, 3.63) is 38.9 Å². The van der Waals surface area contributed by atoms with Crippen molar-refractivity contribution in [3.63, 3.8) is 0 Å². The molecule has 2 aliphatic rings. The van der Waals surface area contributed by atoms with Crippen LogP contribution in [0.25, 0.3) is 0 Å². The first-order chi connectivity index (χ1) is 10.0. The Morgan fingerprint density at radius 3 is 2.86 bits per heavy atom. The summed E-state index contributed by atoms with van der Waals surface area (Å²) >= 11 is 5.89. The van der Waals surface area contributed by atoms with Gasteiger partial charge in [0.25, 0.3) is 11.6 Å². The Morgan fingerprint density at radius 1 is 1.33 bits per heavy atom. The van der Waals surface area contributed by atoms with Crippen molar-refractivity contribution < 1.29 is 9.72 Å². The Morgan fingerprint density at radius 2 is 2.10 bits per heavy atom. The van der Waals surface area contributed by atoms with E-state index < -0.39 is 4.92 Å². The van der Waals surface area contributed by atoms with Gasteiger partial charge in [-0.2, -0.15) is 0 Å². The topological polar surface area (TPSA) is 75.5 Å². The average Bonchev–Trinajstić information content (AvgIpc) is 2.77. The molecule has 1 amide bonds. The van der Waals surface area contributed by atoms with E-state index in [9.17, 15) is 14.9 Å². The minimum Gasteiger partial charge on any atom is -0.337 e. The highest BCUT2D eigenvalue weighted by atomic mass is 35.5. The summed E-state index contributed by atoms with van der Waals surface area (Å²) in [7, 11) is 0. The summed E-state index contributed by atoms with van der Waals surface area (Å²) in [5.74, 6) is -0.307. The monoisotopic (exact) mass is 309 g/mol. The zero-order valence-electron chi connectivity index (χ0n) is 11.4. The third kappa shape index (κ3) is 2.87. The van der Waals surface area contributed by atoms with Crippen LogP contribution in [0.1, 0.15) is 29.6 Å². The maximum atomic E-state index is 12.6. The van der Waals surface area contributed by atoms with E-state index in [0.29, 0.717) is 30.2 Å². The van der Waals surface area contributed by atoms with E-state index in [2.05, 4.69) is 5.32 Å². The first kappa shape index (κ1) is 14.3. The number of nitro groups is 1. The smallest absolute Gasteiger partial charge is 0.282 e. The number of hydrogen-bond acceptors (Lipinski definition) is 4. The van der Waals surface area contributed by atoms with Gasteiger partial charge in [-0.25, -0.2) is 0 Å². The second-order valence-electron chi connectivity index (χ2n) is 5.60. The van der Waals surface area contributed by atoms with Gasteiger partial charge in [-0.1, -0.05) is 11.6 Å².